The van der Waals surface area contributed by atoms with Crippen LogP contribution in [0.4, 0.5) is 10.2 Å². The molecule has 1 aromatic heterocycles. The number of aryl methyl sites for hydroxylation is 1. The highest BCUT2D eigenvalue weighted by molar-refractivity contribution is 5.49. The number of benzene rings is 1. The van der Waals surface area contributed by atoms with Crippen molar-refractivity contribution in [2.24, 2.45) is 5.73 Å². The SMILES string of the molecule is Cc1cc(CN)cnc1N(C)C(C)c1ccccc1F. The lowest BCUT2D eigenvalue weighted by molar-refractivity contribution is 0.584. The van der Waals surface area contributed by atoms with Crippen LogP contribution in [0.2, 0.25) is 0 Å². The van der Waals surface area contributed by atoms with Crippen LogP contribution in [0.3, 0.4) is 0 Å². The summed E-state index contributed by atoms with van der Waals surface area (Å²) in [7, 11) is 1.93. The number of anilines is 1. The summed E-state index contributed by atoms with van der Waals surface area (Å²) in [4.78, 5) is 6.43. The van der Waals surface area contributed by atoms with Gasteiger partial charge in [0, 0.05) is 25.4 Å². The lowest BCUT2D eigenvalue weighted by Gasteiger charge is -2.28. The topological polar surface area (TPSA) is 42.1 Å². The molecular weight excluding hydrogens is 253 g/mol. The average Bonchev–Trinajstić information content (AvgIpc) is 2.46. The Morgan fingerprint density at radius 2 is 2.05 bits per heavy atom. The first-order chi connectivity index (χ1) is 9.54. The molecule has 0 fully saturated rings. The average molecular weight is 273 g/mol. The maximum atomic E-state index is 13.9. The van der Waals surface area contributed by atoms with Gasteiger partial charge in [0.25, 0.3) is 0 Å². The van der Waals surface area contributed by atoms with E-state index in [1.807, 2.05) is 37.9 Å². The number of pyridine rings is 1. The van der Waals surface area contributed by atoms with E-state index in [4.69, 9.17) is 5.73 Å². The maximum absolute atomic E-state index is 13.9. The van der Waals surface area contributed by atoms with E-state index in [0.29, 0.717) is 12.1 Å². The Bertz CT molecular complexity index is 598. The molecule has 4 heteroatoms. The molecule has 1 atom stereocenters. The Morgan fingerprint density at radius 3 is 2.65 bits per heavy atom. The van der Waals surface area contributed by atoms with E-state index < -0.39 is 0 Å². The lowest BCUT2D eigenvalue weighted by atomic mass is 10.1. The molecule has 0 saturated heterocycles. The largest absolute Gasteiger partial charge is 0.353 e. The van der Waals surface area contributed by atoms with E-state index in [9.17, 15) is 4.39 Å². The Hall–Kier alpha value is -1.94. The summed E-state index contributed by atoms with van der Waals surface area (Å²) in [5, 5.41) is 0. The lowest BCUT2D eigenvalue weighted by Crippen LogP contribution is -2.24. The highest BCUT2D eigenvalue weighted by atomic mass is 19.1. The number of hydrogen-bond donors (Lipinski definition) is 1. The van der Waals surface area contributed by atoms with Gasteiger partial charge in [0.1, 0.15) is 11.6 Å². The summed E-state index contributed by atoms with van der Waals surface area (Å²) >= 11 is 0. The molecule has 2 N–H and O–H groups in total. The molecule has 0 spiro atoms. The normalized spacial score (nSPS) is 12.2. The van der Waals surface area contributed by atoms with Crippen molar-refractivity contribution in [2.75, 3.05) is 11.9 Å². The minimum absolute atomic E-state index is 0.0915. The van der Waals surface area contributed by atoms with Gasteiger partial charge >= 0.3 is 0 Å². The van der Waals surface area contributed by atoms with Gasteiger partial charge in [-0.15, -0.1) is 0 Å². The van der Waals surface area contributed by atoms with Crippen molar-refractivity contribution in [3.05, 3.63) is 59.0 Å². The molecular formula is C16H20FN3. The van der Waals surface area contributed by atoms with E-state index >= 15 is 0 Å². The fraction of sp³-hybridized carbons (Fsp3) is 0.312. The van der Waals surface area contributed by atoms with Gasteiger partial charge in [-0.05, 0) is 37.1 Å². The van der Waals surface area contributed by atoms with E-state index in [-0.39, 0.29) is 11.9 Å². The Morgan fingerprint density at radius 1 is 1.35 bits per heavy atom. The third-order valence-electron chi connectivity index (χ3n) is 3.61. The molecule has 2 aromatic rings. The number of halogens is 1. The van der Waals surface area contributed by atoms with Crippen LogP contribution in [0.25, 0.3) is 0 Å². The summed E-state index contributed by atoms with van der Waals surface area (Å²) in [6, 6.07) is 8.77. The smallest absolute Gasteiger partial charge is 0.131 e. The molecule has 0 aliphatic heterocycles. The summed E-state index contributed by atoms with van der Waals surface area (Å²) in [6.07, 6.45) is 1.77. The van der Waals surface area contributed by atoms with Crippen LogP contribution in [0.1, 0.15) is 29.7 Å². The second-order valence-electron chi connectivity index (χ2n) is 5.00. The summed E-state index contributed by atoms with van der Waals surface area (Å²) < 4.78 is 13.9. The van der Waals surface area contributed by atoms with E-state index in [1.54, 1.807) is 18.3 Å². The molecule has 0 amide bonds. The van der Waals surface area contributed by atoms with Crippen molar-refractivity contribution in [3.63, 3.8) is 0 Å². The third-order valence-corrected chi connectivity index (χ3v) is 3.61. The van der Waals surface area contributed by atoms with Crippen LogP contribution in [0, 0.1) is 12.7 Å². The van der Waals surface area contributed by atoms with Gasteiger partial charge in [-0.25, -0.2) is 9.37 Å². The van der Waals surface area contributed by atoms with E-state index in [0.717, 1.165) is 16.9 Å². The third kappa shape index (κ3) is 2.80. The number of hydrogen-bond acceptors (Lipinski definition) is 3. The zero-order valence-electron chi connectivity index (χ0n) is 12.1. The molecule has 0 saturated carbocycles. The maximum Gasteiger partial charge on any atom is 0.131 e. The van der Waals surface area contributed by atoms with Crippen LogP contribution in [-0.2, 0) is 6.54 Å². The van der Waals surface area contributed by atoms with Gasteiger partial charge in [-0.2, -0.15) is 0 Å². The number of aromatic nitrogens is 1. The quantitative estimate of drug-likeness (QED) is 0.930. The molecule has 2 rings (SSSR count). The van der Waals surface area contributed by atoms with Gasteiger partial charge in [-0.1, -0.05) is 18.2 Å². The molecule has 0 aliphatic rings. The molecule has 1 heterocycles. The van der Waals surface area contributed by atoms with Crippen molar-refractivity contribution in [1.82, 2.24) is 4.98 Å². The summed E-state index contributed by atoms with van der Waals surface area (Å²) in [5.74, 6) is 0.654. The fourth-order valence-electron chi connectivity index (χ4n) is 2.31. The Labute approximate surface area is 119 Å². The van der Waals surface area contributed by atoms with Crippen molar-refractivity contribution < 1.29 is 4.39 Å². The van der Waals surface area contributed by atoms with Crippen molar-refractivity contribution in [2.45, 2.75) is 26.4 Å². The Balaban J connectivity index is 2.31. The zero-order valence-corrected chi connectivity index (χ0v) is 12.1. The van der Waals surface area contributed by atoms with Crippen LogP contribution >= 0.6 is 0 Å². The second-order valence-corrected chi connectivity index (χ2v) is 5.00. The van der Waals surface area contributed by atoms with E-state index in [2.05, 4.69) is 4.98 Å². The molecule has 1 unspecified atom stereocenters. The highest BCUT2D eigenvalue weighted by Gasteiger charge is 2.18. The first-order valence-corrected chi connectivity index (χ1v) is 6.67. The van der Waals surface area contributed by atoms with E-state index in [1.165, 1.54) is 6.07 Å². The standard InChI is InChI=1S/C16H20FN3/c1-11-8-13(9-18)10-19-16(11)20(3)12(2)14-6-4-5-7-15(14)17/h4-8,10,12H,9,18H2,1-3H3. The van der Waals surface area contributed by atoms with Gasteiger partial charge in [0.05, 0.1) is 6.04 Å². The predicted molar refractivity (Wildman–Crippen MR) is 80.1 cm³/mol. The summed E-state index contributed by atoms with van der Waals surface area (Å²) in [6.45, 7) is 4.43. The predicted octanol–water partition coefficient (Wildman–Crippen LogP) is 3.19. The number of nitrogens with two attached hydrogens (primary N) is 1. The minimum Gasteiger partial charge on any atom is -0.353 e. The molecule has 0 bridgehead atoms. The van der Waals surface area contributed by atoms with Crippen molar-refractivity contribution in [3.8, 4) is 0 Å². The van der Waals surface area contributed by atoms with Crippen molar-refractivity contribution in [1.29, 1.82) is 0 Å². The first-order valence-electron chi connectivity index (χ1n) is 6.67. The van der Waals surface area contributed by atoms with Crippen LogP contribution < -0.4 is 10.6 Å². The first kappa shape index (κ1) is 14.5. The van der Waals surface area contributed by atoms with Gasteiger partial charge < -0.3 is 10.6 Å². The number of nitrogens with zero attached hydrogens (tertiary/aromatic N) is 2. The van der Waals surface area contributed by atoms with Gasteiger partial charge in [0.15, 0.2) is 0 Å². The zero-order chi connectivity index (χ0) is 14.7. The fourth-order valence-corrected chi connectivity index (χ4v) is 2.31. The monoisotopic (exact) mass is 273 g/mol. The van der Waals surface area contributed by atoms with Crippen LogP contribution in [-0.4, -0.2) is 12.0 Å². The molecule has 20 heavy (non-hydrogen) atoms. The molecule has 1 aromatic carbocycles. The minimum atomic E-state index is -0.192. The second kappa shape index (κ2) is 6.01. The van der Waals surface area contributed by atoms with Gasteiger partial charge in [0.2, 0.25) is 0 Å². The van der Waals surface area contributed by atoms with Gasteiger partial charge in [-0.3, -0.25) is 0 Å². The van der Waals surface area contributed by atoms with Crippen LogP contribution in [0.15, 0.2) is 36.5 Å². The van der Waals surface area contributed by atoms with Crippen LogP contribution in [0.5, 0.6) is 0 Å². The summed E-state index contributed by atoms with van der Waals surface area (Å²) in [5.41, 5.74) is 8.32. The van der Waals surface area contributed by atoms with Crippen molar-refractivity contribution >= 4 is 5.82 Å². The molecule has 0 radical (unpaired) electrons. The molecule has 0 aliphatic carbocycles. The molecule has 3 nitrogen and oxygen atoms in total. The number of rotatable bonds is 4. The Kier molecular flexibility index (Phi) is 4.35. The highest BCUT2D eigenvalue weighted by Crippen LogP contribution is 2.27. The molecule has 106 valence electrons.